The summed E-state index contributed by atoms with van der Waals surface area (Å²) in [5.41, 5.74) is 1.16. The Morgan fingerprint density at radius 1 is 1.44 bits per heavy atom. The van der Waals surface area contributed by atoms with Crippen LogP contribution in [-0.4, -0.2) is 14.5 Å². The van der Waals surface area contributed by atoms with Gasteiger partial charge in [0.25, 0.3) is 0 Å². The van der Waals surface area contributed by atoms with Gasteiger partial charge in [-0.05, 0) is 25.5 Å². The first kappa shape index (κ1) is 10.7. The van der Waals surface area contributed by atoms with E-state index in [0.717, 1.165) is 18.1 Å². The van der Waals surface area contributed by atoms with E-state index < -0.39 is 0 Å². The summed E-state index contributed by atoms with van der Waals surface area (Å²) < 4.78 is 2.08. The molecule has 0 spiro atoms. The first-order chi connectivity index (χ1) is 7.81. The predicted octanol–water partition coefficient (Wildman–Crippen LogP) is 2.47. The summed E-state index contributed by atoms with van der Waals surface area (Å²) in [6.45, 7) is 5.12. The Morgan fingerprint density at radius 2 is 2.31 bits per heavy atom. The van der Waals surface area contributed by atoms with Crippen LogP contribution >= 0.6 is 0 Å². The minimum Gasteiger partial charge on any atom is -0.349 e. The van der Waals surface area contributed by atoms with Crippen molar-refractivity contribution in [1.29, 1.82) is 0 Å². The molecule has 1 N–H and O–H groups in total. The van der Waals surface area contributed by atoms with Crippen molar-refractivity contribution in [1.82, 2.24) is 14.5 Å². The molecule has 0 aliphatic carbocycles. The van der Waals surface area contributed by atoms with Gasteiger partial charge in [0, 0.05) is 31.3 Å². The zero-order valence-corrected chi connectivity index (χ0v) is 9.59. The van der Waals surface area contributed by atoms with Crippen LogP contribution in [0.2, 0.25) is 0 Å². The van der Waals surface area contributed by atoms with Gasteiger partial charge in [-0.3, -0.25) is 4.98 Å². The number of nitrogens with one attached hydrogen (secondary N) is 1. The summed E-state index contributed by atoms with van der Waals surface area (Å²) in [7, 11) is 0. The second-order valence-electron chi connectivity index (χ2n) is 3.69. The Morgan fingerprint density at radius 3 is 3.00 bits per heavy atom. The highest BCUT2D eigenvalue weighted by Gasteiger charge is 2.07. The maximum Gasteiger partial charge on any atom is 0.203 e. The van der Waals surface area contributed by atoms with E-state index >= 15 is 0 Å². The fourth-order valence-corrected chi connectivity index (χ4v) is 1.61. The van der Waals surface area contributed by atoms with Crippen LogP contribution in [0.25, 0.3) is 0 Å². The Hall–Kier alpha value is -1.84. The lowest BCUT2D eigenvalue weighted by atomic mass is 10.1. The van der Waals surface area contributed by atoms with E-state index in [4.69, 9.17) is 0 Å². The number of hydrogen-bond acceptors (Lipinski definition) is 3. The summed E-state index contributed by atoms with van der Waals surface area (Å²) in [6, 6.07) is 4.21. The number of imidazole rings is 1. The van der Waals surface area contributed by atoms with Crippen LogP contribution in [0, 0.1) is 0 Å². The molecule has 0 saturated carbocycles. The van der Waals surface area contributed by atoms with Crippen LogP contribution in [0.4, 0.5) is 5.95 Å². The van der Waals surface area contributed by atoms with Crippen LogP contribution in [0.3, 0.4) is 0 Å². The average Bonchev–Trinajstić information content (AvgIpc) is 2.77. The largest absolute Gasteiger partial charge is 0.349 e. The number of anilines is 1. The Kier molecular flexibility index (Phi) is 3.19. The summed E-state index contributed by atoms with van der Waals surface area (Å²) in [5.74, 6) is 0.902. The standard InChI is InChI=1S/C12H16N4/c1-3-16-8-7-14-12(16)15-10(2)11-5-4-6-13-9-11/h4-10H,3H2,1-2H3,(H,14,15). The highest BCUT2D eigenvalue weighted by molar-refractivity contribution is 5.31. The Bertz CT molecular complexity index is 435. The van der Waals surface area contributed by atoms with Crippen LogP contribution in [0.1, 0.15) is 25.5 Å². The molecule has 0 bridgehead atoms. The van der Waals surface area contributed by atoms with E-state index in [1.807, 2.05) is 24.7 Å². The van der Waals surface area contributed by atoms with Gasteiger partial charge in [0.05, 0.1) is 6.04 Å². The van der Waals surface area contributed by atoms with E-state index in [1.165, 1.54) is 0 Å². The quantitative estimate of drug-likeness (QED) is 0.853. The predicted molar refractivity (Wildman–Crippen MR) is 64.2 cm³/mol. The number of nitrogens with zero attached hydrogens (tertiary/aromatic N) is 3. The number of pyridine rings is 1. The normalized spacial score (nSPS) is 12.4. The molecule has 4 heteroatoms. The Balaban J connectivity index is 2.11. The number of aromatic nitrogens is 3. The molecule has 0 aromatic carbocycles. The third-order valence-corrected chi connectivity index (χ3v) is 2.59. The van der Waals surface area contributed by atoms with E-state index in [-0.39, 0.29) is 6.04 Å². The molecular weight excluding hydrogens is 200 g/mol. The molecule has 1 atom stereocenters. The molecule has 84 valence electrons. The number of rotatable bonds is 4. The third kappa shape index (κ3) is 2.21. The van der Waals surface area contributed by atoms with Crippen molar-refractivity contribution < 1.29 is 0 Å². The van der Waals surface area contributed by atoms with Gasteiger partial charge in [0.2, 0.25) is 5.95 Å². The molecule has 0 aliphatic heterocycles. The summed E-state index contributed by atoms with van der Waals surface area (Å²) in [5, 5.41) is 3.37. The molecule has 2 aromatic rings. The molecule has 0 fully saturated rings. The minimum atomic E-state index is 0.210. The van der Waals surface area contributed by atoms with Crippen molar-refractivity contribution in [2.75, 3.05) is 5.32 Å². The average molecular weight is 216 g/mol. The molecule has 0 amide bonds. The molecule has 0 saturated heterocycles. The second-order valence-corrected chi connectivity index (χ2v) is 3.69. The van der Waals surface area contributed by atoms with Crippen LogP contribution in [0.15, 0.2) is 36.9 Å². The van der Waals surface area contributed by atoms with Crippen molar-refractivity contribution in [2.45, 2.75) is 26.4 Å². The van der Waals surface area contributed by atoms with Gasteiger partial charge in [-0.25, -0.2) is 4.98 Å². The first-order valence-electron chi connectivity index (χ1n) is 5.49. The molecule has 16 heavy (non-hydrogen) atoms. The van der Waals surface area contributed by atoms with Gasteiger partial charge in [-0.1, -0.05) is 6.07 Å². The van der Waals surface area contributed by atoms with Crippen molar-refractivity contribution in [2.24, 2.45) is 0 Å². The van der Waals surface area contributed by atoms with Crippen LogP contribution < -0.4 is 5.32 Å². The highest BCUT2D eigenvalue weighted by Crippen LogP contribution is 2.16. The van der Waals surface area contributed by atoms with E-state index in [1.54, 1.807) is 6.20 Å². The highest BCUT2D eigenvalue weighted by atomic mass is 15.2. The molecule has 1 unspecified atom stereocenters. The molecule has 4 nitrogen and oxygen atoms in total. The van der Waals surface area contributed by atoms with Gasteiger partial charge in [-0.15, -0.1) is 0 Å². The lowest BCUT2D eigenvalue weighted by Crippen LogP contribution is -2.11. The lowest BCUT2D eigenvalue weighted by Gasteiger charge is -2.15. The molecule has 0 radical (unpaired) electrons. The third-order valence-electron chi connectivity index (χ3n) is 2.59. The fourth-order valence-electron chi connectivity index (χ4n) is 1.61. The number of aryl methyl sites for hydroxylation is 1. The smallest absolute Gasteiger partial charge is 0.203 e. The van der Waals surface area contributed by atoms with Crippen molar-refractivity contribution in [3.63, 3.8) is 0 Å². The summed E-state index contributed by atoms with van der Waals surface area (Å²) in [4.78, 5) is 8.39. The maximum atomic E-state index is 4.28. The summed E-state index contributed by atoms with van der Waals surface area (Å²) in [6.07, 6.45) is 7.43. The SMILES string of the molecule is CCn1ccnc1NC(C)c1cccnc1. The van der Waals surface area contributed by atoms with Gasteiger partial charge < -0.3 is 9.88 Å². The molecule has 2 heterocycles. The number of hydrogen-bond donors (Lipinski definition) is 1. The van der Waals surface area contributed by atoms with Gasteiger partial charge in [0.1, 0.15) is 0 Å². The van der Waals surface area contributed by atoms with Gasteiger partial charge in [0.15, 0.2) is 0 Å². The lowest BCUT2D eigenvalue weighted by molar-refractivity contribution is 0.743. The molecule has 0 aliphatic rings. The van der Waals surface area contributed by atoms with Crippen molar-refractivity contribution in [3.05, 3.63) is 42.5 Å². The molecule has 2 rings (SSSR count). The van der Waals surface area contributed by atoms with Crippen molar-refractivity contribution >= 4 is 5.95 Å². The topological polar surface area (TPSA) is 42.7 Å². The monoisotopic (exact) mass is 216 g/mol. The molecule has 2 aromatic heterocycles. The van der Waals surface area contributed by atoms with E-state index in [9.17, 15) is 0 Å². The van der Waals surface area contributed by atoms with E-state index in [0.29, 0.717) is 0 Å². The maximum absolute atomic E-state index is 4.28. The minimum absolute atomic E-state index is 0.210. The van der Waals surface area contributed by atoms with Crippen LogP contribution in [-0.2, 0) is 6.54 Å². The zero-order valence-electron chi connectivity index (χ0n) is 9.59. The van der Waals surface area contributed by atoms with Gasteiger partial charge in [-0.2, -0.15) is 0 Å². The first-order valence-corrected chi connectivity index (χ1v) is 5.49. The summed E-state index contributed by atoms with van der Waals surface area (Å²) >= 11 is 0. The van der Waals surface area contributed by atoms with Gasteiger partial charge >= 0.3 is 0 Å². The van der Waals surface area contributed by atoms with Crippen LogP contribution in [0.5, 0.6) is 0 Å². The zero-order chi connectivity index (χ0) is 11.4. The Labute approximate surface area is 95.4 Å². The second kappa shape index (κ2) is 4.79. The molecular formula is C12H16N4. The van der Waals surface area contributed by atoms with E-state index in [2.05, 4.69) is 39.8 Å². The fraction of sp³-hybridized carbons (Fsp3) is 0.333. The van der Waals surface area contributed by atoms with Crippen molar-refractivity contribution in [3.8, 4) is 0 Å².